The average molecular weight is 542 g/mol. The largest absolute Gasteiger partial charge is 0.448 e. The summed E-state index contributed by atoms with van der Waals surface area (Å²) < 4.78 is 10.4. The van der Waals surface area contributed by atoms with E-state index in [-0.39, 0.29) is 29.6 Å². The summed E-state index contributed by atoms with van der Waals surface area (Å²) in [7, 11) is 0. The van der Waals surface area contributed by atoms with Gasteiger partial charge in [-0.25, -0.2) is 0 Å². The number of aromatic nitrogens is 1. The maximum absolute atomic E-state index is 13.9. The first-order valence-electron chi connectivity index (χ1n) is 13.7. The number of carbonyl (C=O) groups excluding carboxylic acids is 2. The van der Waals surface area contributed by atoms with Crippen molar-refractivity contribution in [3.05, 3.63) is 108 Å². The fraction of sp³-hybridized carbons (Fsp3) is 0.323. The van der Waals surface area contributed by atoms with Crippen LogP contribution in [0.25, 0.3) is 0 Å². The molecular formula is C31H35N5O4. The molecule has 0 aliphatic carbocycles. The van der Waals surface area contributed by atoms with Gasteiger partial charge in [0.2, 0.25) is 11.8 Å². The maximum atomic E-state index is 13.9. The van der Waals surface area contributed by atoms with Crippen LogP contribution in [0.5, 0.6) is 0 Å². The molecule has 2 amide bonds. The molecule has 0 bridgehead atoms. The van der Waals surface area contributed by atoms with E-state index in [4.69, 9.17) is 14.7 Å². The van der Waals surface area contributed by atoms with Crippen LogP contribution in [0.3, 0.4) is 0 Å². The molecule has 1 saturated heterocycles. The van der Waals surface area contributed by atoms with Crippen molar-refractivity contribution in [1.29, 1.82) is 0 Å². The van der Waals surface area contributed by atoms with Gasteiger partial charge in [-0.3, -0.25) is 14.9 Å². The molecule has 40 heavy (non-hydrogen) atoms. The van der Waals surface area contributed by atoms with E-state index in [1.807, 2.05) is 47.4 Å². The van der Waals surface area contributed by atoms with Crippen LogP contribution in [0.1, 0.15) is 52.4 Å². The van der Waals surface area contributed by atoms with Gasteiger partial charge in [0.25, 0.3) is 5.91 Å². The minimum Gasteiger partial charge on any atom is -0.448 e. The van der Waals surface area contributed by atoms with Gasteiger partial charge in [-0.2, -0.15) is 0 Å². The van der Waals surface area contributed by atoms with Crippen LogP contribution in [0, 0.1) is 0 Å². The minimum atomic E-state index is -0.409. The van der Waals surface area contributed by atoms with E-state index in [2.05, 4.69) is 40.1 Å². The molecule has 208 valence electrons. The van der Waals surface area contributed by atoms with Crippen molar-refractivity contribution in [3.8, 4) is 0 Å². The Kier molecular flexibility index (Phi) is 9.05. The molecule has 4 aromatic rings. The molecule has 0 unspecified atom stereocenters. The van der Waals surface area contributed by atoms with Crippen molar-refractivity contribution in [2.24, 2.45) is 5.73 Å². The Hall–Kier alpha value is -4.21. The maximum Gasteiger partial charge on any atom is 0.280 e. The van der Waals surface area contributed by atoms with Gasteiger partial charge in [0.15, 0.2) is 5.69 Å². The molecule has 4 N–H and O–H groups in total. The molecule has 9 nitrogen and oxygen atoms in total. The average Bonchev–Trinajstić information content (AvgIpc) is 3.66. The first-order valence-corrected chi connectivity index (χ1v) is 13.7. The lowest BCUT2D eigenvalue weighted by Crippen LogP contribution is -2.47. The second kappa shape index (κ2) is 13.2. The Bertz CT molecular complexity index is 1320. The summed E-state index contributed by atoms with van der Waals surface area (Å²) in [4.78, 5) is 28.4. The van der Waals surface area contributed by atoms with E-state index in [0.717, 1.165) is 18.4 Å². The van der Waals surface area contributed by atoms with Crippen molar-refractivity contribution in [2.75, 3.05) is 25.0 Å². The SMILES string of the molecule is NCCC[C@@H]1N[C@@H](Cc2ccoc2NC(=O)c2ccon2)CCN(CC(c2ccccc2)c2ccccc2)C1=O. The predicted molar refractivity (Wildman–Crippen MR) is 152 cm³/mol. The van der Waals surface area contributed by atoms with Gasteiger partial charge in [0.05, 0.1) is 12.3 Å². The van der Waals surface area contributed by atoms with Crippen molar-refractivity contribution >= 4 is 17.7 Å². The highest BCUT2D eigenvalue weighted by atomic mass is 16.5. The summed E-state index contributed by atoms with van der Waals surface area (Å²) in [5.74, 6) is 0.118. The summed E-state index contributed by atoms with van der Waals surface area (Å²) in [6.07, 6.45) is 5.64. The number of benzene rings is 2. The van der Waals surface area contributed by atoms with Crippen molar-refractivity contribution in [3.63, 3.8) is 0 Å². The van der Waals surface area contributed by atoms with E-state index in [9.17, 15) is 9.59 Å². The van der Waals surface area contributed by atoms with Gasteiger partial charge in [-0.15, -0.1) is 0 Å². The third-order valence-electron chi connectivity index (χ3n) is 7.41. The normalized spacial score (nSPS) is 17.6. The molecule has 5 rings (SSSR count). The number of nitrogens with zero attached hydrogens (tertiary/aromatic N) is 2. The lowest BCUT2D eigenvalue weighted by atomic mass is 9.90. The number of anilines is 1. The number of nitrogens with one attached hydrogen (secondary N) is 2. The van der Waals surface area contributed by atoms with Crippen LogP contribution in [-0.4, -0.2) is 53.6 Å². The zero-order valence-corrected chi connectivity index (χ0v) is 22.4. The quantitative estimate of drug-likeness (QED) is 0.260. The number of amides is 2. The fourth-order valence-corrected chi connectivity index (χ4v) is 5.32. The first kappa shape index (κ1) is 27.4. The summed E-state index contributed by atoms with van der Waals surface area (Å²) in [6.45, 7) is 1.72. The van der Waals surface area contributed by atoms with Crippen LogP contribution in [0.4, 0.5) is 5.88 Å². The van der Waals surface area contributed by atoms with Crippen molar-refractivity contribution < 1.29 is 18.5 Å². The van der Waals surface area contributed by atoms with Gasteiger partial charge in [-0.1, -0.05) is 65.8 Å². The fourth-order valence-electron chi connectivity index (χ4n) is 5.32. The zero-order valence-electron chi connectivity index (χ0n) is 22.4. The molecule has 9 heteroatoms. The highest BCUT2D eigenvalue weighted by Gasteiger charge is 2.33. The molecule has 1 aliphatic heterocycles. The number of carbonyl (C=O) groups is 2. The third kappa shape index (κ3) is 6.67. The molecule has 2 aromatic heterocycles. The van der Waals surface area contributed by atoms with E-state index in [1.54, 1.807) is 6.26 Å². The smallest absolute Gasteiger partial charge is 0.280 e. The number of nitrogens with two attached hydrogens (primary N) is 1. The van der Waals surface area contributed by atoms with Crippen LogP contribution >= 0.6 is 0 Å². The van der Waals surface area contributed by atoms with Gasteiger partial charge in [0.1, 0.15) is 6.26 Å². The van der Waals surface area contributed by atoms with E-state index < -0.39 is 5.91 Å². The van der Waals surface area contributed by atoms with Gasteiger partial charge >= 0.3 is 0 Å². The molecule has 0 saturated carbocycles. The minimum absolute atomic E-state index is 0.00364. The number of furan rings is 1. The lowest BCUT2D eigenvalue weighted by molar-refractivity contribution is -0.133. The van der Waals surface area contributed by atoms with Crippen molar-refractivity contribution in [1.82, 2.24) is 15.4 Å². The second-order valence-corrected chi connectivity index (χ2v) is 10.1. The van der Waals surface area contributed by atoms with Crippen LogP contribution in [0.15, 0.2) is 94.3 Å². The highest BCUT2D eigenvalue weighted by Crippen LogP contribution is 2.28. The molecule has 1 fully saturated rings. The Morgan fingerprint density at radius 3 is 2.42 bits per heavy atom. The molecule has 2 aromatic carbocycles. The molecular weight excluding hydrogens is 506 g/mol. The Morgan fingerprint density at radius 2 is 1.77 bits per heavy atom. The Balaban J connectivity index is 1.33. The monoisotopic (exact) mass is 541 g/mol. The van der Waals surface area contributed by atoms with Crippen molar-refractivity contribution in [2.45, 2.75) is 43.7 Å². The van der Waals surface area contributed by atoms with E-state index in [1.165, 1.54) is 23.5 Å². The van der Waals surface area contributed by atoms with Gasteiger partial charge < -0.3 is 24.9 Å². The third-order valence-corrected chi connectivity index (χ3v) is 7.41. The first-order chi connectivity index (χ1) is 19.6. The standard InChI is InChI=1S/C31H35N5O4/c32-16-7-12-28-31(38)36(21-26(22-8-3-1-4-9-22)23-10-5-2-6-11-23)17-13-25(33-28)20-24-14-18-39-30(24)34-29(37)27-15-19-40-35-27/h1-6,8-11,14-15,18-19,25-26,28,33H,7,12-13,16-17,20-21,32H2,(H,34,37)/t25-,28+/m1/s1. The molecule has 1 aliphatic rings. The highest BCUT2D eigenvalue weighted by molar-refractivity contribution is 6.02. The van der Waals surface area contributed by atoms with Crippen LogP contribution < -0.4 is 16.4 Å². The summed E-state index contributed by atoms with van der Waals surface area (Å²) >= 11 is 0. The van der Waals surface area contributed by atoms with E-state index >= 15 is 0 Å². The number of rotatable bonds is 11. The Labute approximate surface area is 233 Å². The molecule has 0 radical (unpaired) electrons. The van der Waals surface area contributed by atoms with Crippen LogP contribution in [-0.2, 0) is 11.2 Å². The predicted octanol–water partition coefficient (Wildman–Crippen LogP) is 4.19. The van der Waals surface area contributed by atoms with Crippen LogP contribution in [0.2, 0.25) is 0 Å². The molecule has 3 heterocycles. The summed E-state index contributed by atoms with van der Waals surface area (Å²) in [5, 5.41) is 10.1. The van der Waals surface area contributed by atoms with Gasteiger partial charge in [-0.05, 0) is 49.4 Å². The Morgan fingerprint density at radius 1 is 1.05 bits per heavy atom. The zero-order chi connectivity index (χ0) is 27.7. The van der Waals surface area contributed by atoms with Gasteiger partial charge in [0, 0.05) is 36.7 Å². The second-order valence-electron chi connectivity index (χ2n) is 10.1. The number of hydrogen-bond donors (Lipinski definition) is 3. The number of hydrogen-bond acceptors (Lipinski definition) is 7. The topological polar surface area (TPSA) is 127 Å². The lowest BCUT2D eigenvalue weighted by Gasteiger charge is -2.29. The summed E-state index contributed by atoms with van der Waals surface area (Å²) in [5.41, 5.74) is 9.21. The molecule has 0 spiro atoms. The summed E-state index contributed by atoms with van der Waals surface area (Å²) in [6, 6.07) is 23.7. The van der Waals surface area contributed by atoms with E-state index in [0.29, 0.717) is 38.4 Å². The molecule has 2 atom stereocenters.